The van der Waals surface area contributed by atoms with E-state index in [-0.39, 0.29) is 23.6 Å². The van der Waals surface area contributed by atoms with Crippen LogP contribution in [-0.4, -0.2) is 28.0 Å². The molecule has 0 saturated heterocycles. The molecule has 0 unspecified atom stereocenters. The summed E-state index contributed by atoms with van der Waals surface area (Å²) in [5, 5.41) is 0. The van der Waals surface area contributed by atoms with Crippen molar-refractivity contribution in [2.24, 2.45) is 10.4 Å². The third kappa shape index (κ3) is 2.92. The van der Waals surface area contributed by atoms with Crippen molar-refractivity contribution in [2.75, 3.05) is 18.1 Å². The number of fused-ring (bicyclic) bond motifs is 2. The number of amides is 1. The minimum atomic E-state index is -0.463. The minimum Gasteiger partial charge on any atom is -0.481 e. The molecule has 1 aromatic carbocycles. The molecule has 1 aromatic heterocycles. The quantitative estimate of drug-likeness (QED) is 0.827. The third-order valence-corrected chi connectivity index (χ3v) is 5.41. The maximum Gasteiger partial charge on any atom is 0.265 e. The van der Waals surface area contributed by atoms with Crippen molar-refractivity contribution in [3.8, 4) is 5.75 Å². The van der Waals surface area contributed by atoms with Gasteiger partial charge in [-0.2, -0.15) is 4.37 Å². The number of hydrogen-bond acceptors (Lipinski definition) is 5. The molecule has 0 spiro atoms. The number of hydrogen-bond donors (Lipinski definition) is 0. The highest BCUT2D eigenvalue weighted by Gasteiger charge is 2.31. The van der Waals surface area contributed by atoms with Gasteiger partial charge in [-0.3, -0.25) is 4.79 Å². The van der Waals surface area contributed by atoms with E-state index in [1.165, 1.54) is 17.6 Å². The van der Waals surface area contributed by atoms with Crippen molar-refractivity contribution in [1.82, 2.24) is 8.94 Å². The Balaban J connectivity index is 1.79. The van der Waals surface area contributed by atoms with E-state index >= 15 is 0 Å². The molecule has 2 aromatic rings. The van der Waals surface area contributed by atoms with Crippen LogP contribution in [0, 0.1) is 11.2 Å². The molecule has 2 aliphatic heterocycles. The van der Waals surface area contributed by atoms with E-state index in [4.69, 9.17) is 4.74 Å². The maximum absolute atomic E-state index is 14.6. The van der Waals surface area contributed by atoms with Crippen LogP contribution in [-0.2, 0) is 17.8 Å². The summed E-state index contributed by atoms with van der Waals surface area (Å²) < 4.78 is 26.5. The van der Waals surface area contributed by atoms with Gasteiger partial charge in [0.05, 0.1) is 5.69 Å². The smallest absolute Gasteiger partial charge is 0.265 e. The summed E-state index contributed by atoms with van der Waals surface area (Å²) in [7, 11) is 0. The fraction of sp³-hybridized carbons (Fsp3) is 0.500. The van der Waals surface area contributed by atoms with Gasteiger partial charge in [0, 0.05) is 37.1 Å². The number of carbonyl (C=O) groups is 1. The van der Waals surface area contributed by atoms with Gasteiger partial charge in [0.15, 0.2) is 12.4 Å². The molecule has 0 radical (unpaired) electrons. The van der Waals surface area contributed by atoms with Crippen LogP contribution in [0.1, 0.15) is 33.0 Å². The summed E-state index contributed by atoms with van der Waals surface area (Å²) in [6.45, 7) is 7.68. The van der Waals surface area contributed by atoms with Crippen LogP contribution < -0.4 is 14.4 Å². The van der Waals surface area contributed by atoms with Crippen LogP contribution in [0.4, 0.5) is 15.8 Å². The van der Waals surface area contributed by atoms with E-state index < -0.39 is 5.82 Å². The normalized spacial score (nSPS) is 18.7. The summed E-state index contributed by atoms with van der Waals surface area (Å²) in [4.78, 5) is 19.0. The van der Waals surface area contributed by atoms with E-state index in [1.807, 2.05) is 6.92 Å². The van der Waals surface area contributed by atoms with Crippen LogP contribution in [0.3, 0.4) is 0 Å². The topological polar surface area (TPSA) is 59.7 Å². The summed E-state index contributed by atoms with van der Waals surface area (Å²) in [6, 6.07) is 2.92. The van der Waals surface area contributed by atoms with Crippen molar-refractivity contribution >= 4 is 28.8 Å². The van der Waals surface area contributed by atoms with Crippen molar-refractivity contribution in [3.63, 3.8) is 0 Å². The van der Waals surface area contributed by atoms with Crippen LogP contribution in [0.5, 0.6) is 5.75 Å². The van der Waals surface area contributed by atoms with Crippen LogP contribution in [0.2, 0.25) is 0 Å². The summed E-state index contributed by atoms with van der Waals surface area (Å²) in [5.41, 5.74) is 0.911. The zero-order chi connectivity index (χ0) is 18.5. The Bertz CT molecular complexity index is 947. The van der Waals surface area contributed by atoms with E-state index in [0.717, 1.165) is 25.2 Å². The van der Waals surface area contributed by atoms with Crippen LogP contribution in [0.25, 0.3) is 0 Å². The maximum atomic E-state index is 14.6. The molecular weight excluding hydrogens is 355 g/mol. The summed E-state index contributed by atoms with van der Waals surface area (Å²) >= 11 is 1.27. The highest BCUT2D eigenvalue weighted by Crippen LogP contribution is 2.37. The largest absolute Gasteiger partial charge is 0.481 e. The predicted molar refractivity (Wildman–Crippen MR) is 97.4 cm³/mol. The first-order chi connectivity index (χ1) is 12.4. The molecule has 2 aliphatic rings. The molecule has 3 heterocycles. The Morgan fingerprint density at radius 1 is 1.42 bits per heavy atom. The fourth-order valence-corrected chi connectivity index (χ4v) is 4.21. The van der Waals surface area contributed by atoms with Crippen molar-refractivity contribution in [1.29, 1.82) is 0 Å². The Hall–Kier alpha value is -2.22. The Morgan fingerprint density at radius 3 is 3.00 bits per heavy atom. The zero-order valence-electron chi connectivity index (χ0n) is 15.1. The van der Waals surface area contributed by atoms with Crippen LogP contribution in [0.15, 0.2) is 17.1 Å². The van der Waals surface area contributed by atoms with Gasteiger partial charge in [-0.15, -0.1) is 0 Å². The lowest BCUT2D eigenvalue weighted by atomic mass is 9.92. The molecule has 4 rings (SSSR count). The molecule has 0 bridgehead atoms. The van der Waals surface area contributed by atoms with E-state index in [0.29, 0.717) is 22.8 Å². The van der Waals surface area contributed by atoms with Crippen LogP contribution >= 0.6 is 11.5 Å². The zero-order valence-corrected chi connectivity index (χ0v) is 15.9. The lowest BCUT2D eigenvalue weighted by molar-refractivity contribution is -0.121. The monoisotopic (exact) mass is 376 g/mol. The molecule has 138 valence electrons. The van der Waals surface area contributed by atoms with Gasteiger partial charge >= 0.3 is 0 Å². The summed E-state index contributed by atoms with van der Waals surface area (Å²) in [6.07, 6.45) is 1.70. The molecule has 0 atom stereocenters. The highest BCUT2D eigenvalue weighted by molar-refractivity contribution is 7.02. The van der Waals surface area contributed by atoms with Gasteiger partial charge < -0.3 is 14.2 Å². The number of nitrogens with zero attached hydrogens (tertiary/aromatic N) is 4. The Kier molecular flexibility index (Phi) is 4.10. The first-order valence-corrected chi connectivity index (χ1v) is 9.52. The SMILES string of the molecule is CCCN1C(=O)COc2cc(F)c(N=c3snc4n3CC(C)(C)C4)cc21. The standard InChI is InChI=1S/C18H21FN4O2S/c1-4-5-22-13-7-12(11(19)6-14(13)25-9-16(22)24)20-17-23-10-18(2,3)8-15(23)21-26-17/h6-7H,4-5,8-10H2,1-3H3. The molecule has 0 aliphatic carbocycles. The number of halogens is 1. The molecule has 6 nitrogen and oxygen atoms in total. The molecule has 1 amide bonds. The predicted octanol–water partition coefficient (Wildman–Crippen LogP) is 3.03. The Labute approximate surface area is 155 Å². The van der Waals surface area contributed by atoms with Gasteiger partial charge in [-0.25, -0.2) is 9.38 Å². The second kappa shape index (κ2) is 6.19. The molecular formula is C18H21FN4O2S. The van der Waals surface area contributed by atoms with E-state index in [9.17, 15) is 9.18 Å². The number of aromatic nitrogens is 2. The first-order valence-electron chi connectivity index (χ1n) is 8.75. The van der Waals surface area contributed by atoms with Crippen molar-refractivity contribution in [2.45, 2.75) is 40.2 Å². The van der Waals surface area contributed by atoms with Gasteiger partial charge in [0.1, 0.15) is 17.3 Å². The van der Waals surface area contributed by atoms with Crippen molar-refractivity contribution < 1.29 is 13.9 Å². The van der Waals surface area contributed by atoms with E-state index in [2.05, 4.69) is 27.8 Å². The highest BCUT2D eigenvalue weighted by atomic mass is 32.1. The lowest BCUT2D eigenvalue weighted by Crippen LogP contribution is -2.39. The first kappa shape index (κ1) is 17.2. The Morgan fingerprint density at radius 2 is 2.23 bits per heavy atom. The number of ether oxygens (including phenoxy) is 1. The van der Waals surface area contributed by atoms with Gasteiger partial charge in [-0.05, 0) is 17.9 Å². The minimum absolute atomic E-state index is 0.0593. The van der Waals surface area contributed by atoms with E-state index in [1.54, 1.807) is 11.0 Å². The second-order valence-corrected chi connectivity index (χ2v) is 8.26. The second-order valence-electron chi connectivity index (χ2n) is 7.53. The van der Waals surface area contributed by atoms with Gasteiger partial charge in [-0.1, -0.05) is 20.8 Å². The molecule has 0 fully saturated rings. The molecule has 0 N–H and O–H groups in total. The van der Waals surface area contributed by atoms with Gasteiger partial charge in [0.25, 0.3) is 5.91 Å². The summed E-state index contributed by atoms with van der Waals surface area (Å²) in [5.74, 6) is 0.794. The number of carbonyl (C=O) groups excluding carboxylic acids is 1. The number of rotatable bonds is 3. The molecule has 8 heteroatoms. The average molecular weight is 376 g/mol. The molecule has 26 heavy (non-hydrogen) atoms. The van der Waals surface area contributed by atoms with Crippen molar-refractivity contribution in [3.05, 3.63) is 28.6 Å². The third-order valence-electron chi connectivity index (χ3n) is 4.63. The lowest BCUT2D eigenvalue weighted by Gasteiger charge is -2.29. The number of anilines is 1. The molecule has 0 saturated carbocycles. The average Bonchev–Trinajstić information content (AvgIpc) is 3.07. The number of benzene rings is 1. The van der Waals surface area contributed by atoms with Gasteiger partial charge in [0.2, 0.25) is 4.80 Å². The fourth-order valence-electron chi connectivity index (χ4n) is 3.45.